The molecule has 0 aliphatic rings. The molecule has 1 atom stereocenters. The van der Waals surface area contributed by atoms with Gasteiger partial charge >= 0.3 is 17.9 Å². The van der Waals surface area contributed by atoms with E-state index in [4.69, 9.17) is 14.2 Å². The van der Waals surface area contributed by atoms with E-state index in [-0.39, 0.29) is 31.6 Å². The van der Waals surface area contributed by atoms with Crippen LogP contribution in [0.25, 0.3) is 0 Å². The summed E-state index contributed by atoms with van der Waals surface area (Å²) in [6, 6.07) is 0. The molecule has 0 aromatic heterocycles. The molecule has 0 fully saturated rings. The first-order chi connectivity index (χ1) is 28.5. The summed E-state index contributed by atoms with van der Waals surface area (Å²) in [5.74, 6) is -1.03. The maximum atomic E-state index is 12.7. The minimum atomic E-state index is -0.807. The average Bonchev–Trinajstić information content (AvgIpc) is 3.22. The number of carbonyl (C=O) groups excluding carboxylic acids is 3. The number of esters is 3. The molecule has 0 N–H and O–H groups in total. The Morgan fingerprint density at radius 2 is 0.741 bits per heavy atom. The van der Waals surface area contributed by atoms with Crippen LogP contribution in [0, 0.1) is 0 Å². The van der Waals surface area contributed by atoms with Gasteiger partial charge in [-0.1, -0.05) is 217 Å². The van der Waals surface area contributed by atoms with Gasteiger partial charge in [0.05, 0.1) is 6.42 Å². The summed E-state index contributed by atoms with van der Waals surface area (Å²) in [6.45, 7) is 6.42. The van der Waals surface area contributed by atoms with E-state index in [1.54, 1.807) is 6.08 Å². The van der Waals surface area contributed by atoms with Gasteiger partial charge in [0.15, 0.2) is 6.10 Å². The highest BCUT2D eigenvalue weighted by Gasteiger charge is 2.19. The summed E-state index contributed by atoms with van der Waals surface area (Å²) < 4.78 is 16.6. The Hall–Kier alpha value is -2.63. The van der Waals surface area contributed by atoms with Gasteiger partial charge in [-0.05, 0) is 57.8 Å². The summed E-state index contributed by atoms with van der Waals surface area (Å²) in [7, 11) is 0. The minimum absolute atomic E-state index is 0.102. The third-order valence-electron chi connectivity index (χ3n) is 10.6. The lowest BCUT2D eigenvalue weighted by molar-refractivity contribution is -0.166. The monoisotopic (exact) mass is 813 g/mol. The quantitative estimate of drug-likeness (QED) is 0.0264. The molecular formula is C52H92O6. The Kier molecular flexibility index (Phi) is 44.9. The van der Waals surface area contributed by atoms with Crippen molar-refractivity contribution in [2.45, 2.75) is 252 Å². The third kappa shape index (κ3) is 44.5. The fourth-order valence-electron chi connectivity index (χ4n) is 6.91. The fourth-order valence-corrected chi connectivity index (χ4v) is 6.91. The summed E-state index contributed by atoms with van der Waals surface area (Å²) in [6.07, 6.45) is 55.6. The lowest BCUT2D eigenvalue weighted by Crippen LogP contribution is -2.30. The van der Waals surface area contributed by atoms with Crippen LogP contribution in [0.15, 0.2) is 48.6 Å². The fraction of sp³-hybridized carbons (Fsp3) is 0.788. The predicted molar refractivity (Wildman–Crippen MR) is 247 cm³/mol. The molecule has 1 unspecified atom stereocenters. The zero-order valence-corrected chi connectivity index (χ0v) is 38.3. The molecule has 0 aliphatic heterocycles. The molecule has 0 rings (SSSR count). The summed E-state index contributed by atoms with van der Waals surface area (Å²) in [5.41, 5.74) is 0. The Morgan fingerprint density at radius 1 is 0.379 bits per heavy atom. The Labute approximate surface area is 358 Å². The molecule has 0 aliphatic carbocycles. The zero-order chi connectivity index (χ0) is 42.3. The van der Waals surface area contributed by atoms with Crippen LogP contribution in [0.3, 0.4) is 0 Å². The van der Waals surface area contributed by atoms with Crippen molar-refractivity contribution in [3.05, 3.63) is 48.6 Å². The van der Waals surface area contributed by atoms with E-state index < -0.39 is 12.1 Å². The smallest absolute Gasteiger partial charge is 0.309 e. The number of unbranched alkanes of at least 4 members (excludes halogenated alkanes) is 26. The Morgan fingerprint density at radius 3 is 1.19 bits per heavy atom. The van der Waals surface area contributed by atoms with Gasteiger partial charge in [-0.3, -0.25) is 14.4 Å². The molecule has 0 radical (unpaired) electrons. The first-order valence-corrected chi connectivity index (χ1v) is 24.6. The second kappa shape index (κ2) is 47.1. The van der Waals surface area contributed by atoms with E-state index in [9.17, 15) is 14.4 Å². The van der Waals surface area contributed by atoms with Crippen LogP contribution < -0.4 is 0 Å². The van der Waals surface area contributed by atoms with Crippen molar-refractivity contribution in [3.63, 3.8) is 0 Å². The van der Waals surface area contributed by atoms with E-state index in [1.807, 2.05) is 6.08 Å². The van der Waals surface area contributed by atoms with Crippen molar-refractivity contribution in [2.75, 3.05) is 13.2 Å². The molecule has 6 heteroatoms. The van der Waals surface area contributed by atoms with Crippen molar-refractivity contribution >= 4 is 17.9 Å². The maximum absolute atomic E-state index is 12.7. The molecule has 0 bridgehead atoms. The van der Waals surface area contributed by atoms with E-state index in [1.165, 1.54) is 141 Å². The summed E-state index contributed by atoms with van der Waals surface area (Å²) in [4.78, 5) is 37.7. The standard InChI is InChI=1S/C52H92O6/c1-4-7-10-13-16-19-21-23-24-25-26-27-29-30-33-36-39-42-45-51(54)57-48-49(47-56-50(53)44-41-38-35-32-18-15-12-9-6-3)58-52(55)46-43-40-37-34-31-28-22-20-17-14-11-8-5-2/h9,12,18,26-27,32,38,41,49H,4-8,10-11,13-17,19-25,28-31,33-37,39-40,42-48H2,1-3H3/b12-9-,27-26-,32-18-,41-38-. The molecule has 58 heavy (non-hydrogen) atoms. The minimum Gasteiger partial charge on any atom is -0.462 e. The molecule has 6 nitrogen and oxygen atoms in total. The number of ether oxygens (including phenoxy) is 3. The number of hydrogen-bond acceptors (Lipinski definition) is 6. The van der Waals surface area contributed by atoms with Gasteiger partial charge < -0.3 is 14.2 Å². The van der Waals surface area contributed by atoms with Crippen molar-refractivity contribution in [2.24, 2.45) is 0 Å². The second-order valence-corrected chi connectivity index (χ2v) is 16.4. The molecule has 0 saturated heterocycles. The van der Waals surface area contributed by atoms with Gasteiger partial charge in [0.2, 0.25) is 0 Å². The number of carbonyl (C=O) groups is 3. The molecule has 0 aromatic carbocycles. The Balaban J connectivity index is 4.35. The largest absolute Gasteiger partial charge is 0.462 e. The van der Waals surface area contributed by atoms with Crippen LogP contribution in [0.5, 0.6) is 0 Å². The van der Waals surface area contributed by atoms with Crippen LogP contribution >= 0.6 is 0 Å². The highest BCUT2D eigenvalue weighted by Crippen LogP contribution is 2.15. The van der Waals surface area contributed by atoms with E-state index in [2.05, 4.69) is 57.2 Å². The number of hydrogen-bond donors (Lipinski definition) is 0. The maximum Gasteiger partial charge on any atom is 0.309 e. The van der Waals surface area contributed by atoms with Gasteiger partial charge in [-0.25, -0.2) is 0 Å². The molecular weight excluding hydrogens is 721 g/mol. The van der Waals surface area contributed by atoms with Crippen molar-refractivity contribution in [1.29, 1.82) is 0 Å². The summed E-state index contributed by atoms with van der Waals surface area (Å²) >= 11 is 0. The lowest BCUT2D eigenvalue weighted by atomic mass is 10.0. The number of rotatable bonds is 44. The molecule has 0 amide bonds. The van der Waals surface area contributed by atoms with Crippen LogP contribution in [-0.4, -0.2) is 37.2 Å². The van der Waals surface area contributed by atoms with Gasteiger partial charge in [-0.15, -0.1) is 0 Å². The van der Waals surface area contributed by atoms with Gasteiger partial charge in [0, 0.05) is 12.8 Å². The third-order valence-corrected chi connectivity index (χ3v) is 10.6. The Bertz CT molecular complexity index is 1030. The van der Waals surface area contributed by atoms with Crippen LogP contribution in [0.4, 0.5) is 0 Å². The first kappa shape index (κ1) is 55.4. The normalized spacial score (nSPS) is 12.4. The topological polar surface area (TPSA) is 78.9 Å². The van der Waals surface area contributed by atoms with E-state index in [0.29, 0.717) is 12.8 Å². The van der Waals surface area contributed by atoms with Gasteiger partial charge in [0.1, 0.15) is 13.2 Å². The van der Waals surface area contributed by atoms with Crippen molar-refractivity contribution in [3.8, 4) is 0 Å². The second-order valence-electron chi connectivity index (χ2n) is 16.4. The van der Waals surface area contributed by atoms with E-state index >= 15 is 0 Å². The van der Waals surface area contributed by atoms with Crippen LogP contribution in [-0.2, 0) is 28.6 Å². The van der Waals surface area contributed by atoms with Crippen molar-refractivity contribution in [1.82, 2.24) is 0 Å². The molecule has 0 aromatic rings. The molecule has 0 heterocycles. The highest BCUT2D eigenvalue weighted by atomic mass is 16.6. The molecule has 336 valence electrons. The lowest BCUT2D eigenvalue weighted by Gasteiger charge is -2.18. The first-order valence-electron chi connectivity index (χ1n) is 24.6. The predicted octanol–water partition coefficient (Wildman–Crippen LogP) is 15.9. The summed E-state index contributed by atoms with van der Waals surface area (Å²) in [5, 5.41) is 0. The van der Waals surface area contributed by atoms with Gasteiger partial charge in [-0.2, -0.15) is 0 Å². The van der Waals surface area contributed by atoms with Crippen LogP contribution in [0.2, 0.25) is 0 Å². The molecule has 0 spiro atoms. The number of allylic oxidation sites excluding steroid dienone is 7. The van der Waals surface area contributed by atoms with Gasteiger partial charge in [0.25, 0.3) is 0 Å². The SMILES string of the molecule is CC/C=C\C/C=C\C/C=C\CC(=O)OCC(COC(=O)CCCCCCC/C=C\CCCCCCCCCCC)OC(=O)CCCCCCCCCCCCCCC. The zero-order valence-electron chi connectivity index (χ0n) is 38.3. The average molecular weight is 813 g/mol. The highest BCUT2D eigenvalue weighted by molar-refractivity contribution is 5.72. The van der Waals surface area contributed by atoms with Crippen molar-refractivity contribution < 1.29 is 28.6 Å². The van der Waals surface area contributed by atoms with Crippen LogP contribution in [0.1, 0.15) is 245 Å². The van der Waals surface area contributed by atoms with E-state index in [0.717, 1.165) is 64.2 Å². The molecule has 0 saturated carbocycles.